The zero-order chi connectivity index (χ0) is 53.4. The van der Waals surface area contributed by atoms with E-state index in [0.29, 0.717) is 6.42 Å². The Kier molecular flexibility index (Phi) is 34.8. The van der Waals surface area contributed by atoms with E-state index in [9.17, 15) is 61.0 Å². The average Bonchev–Trinajstić information content (AvgIpc) is 3.39. The summed E-state index contributed by atoms with van der Waals surface area (Å²) in [6, 6.07) is -0.969. The van der Waals surface area contributed by atoms with Crippen LogP contribution in [-0.4, -0.2) is 193 Å². The average molecular weight is 1050 g/mol. The van der Waals surface area contributed by atoms with E-state index in [0.717, 1.165) is 51.4 Å². The molecular weight excluding hydrogens is 951 g/mol. The fourth-order valence-corrected chi connectivity index (χ4v) is 9.54. The van der Waals surface area contributed by atoms with Gasteiger partial charge in [0.1, 0.15) is 73.2 Å². The number of rotatable bonds is 40. The van der Waals surface area contributed by atoms with E-state index in [1.165, 1.54) is 103 Å². The van der Waals surface area contributed by atoms with Crippen molar-refractivity contribution < 1.29 is 89.4 Å². The van der Waals surface area contributed by atoms with Gasteiger partial charge in [-0.15, -0.1) is 0 Å². The van der Waals surface area contributed by atoms with Gasteiger partial charge in [-0.25, -0.2) is 0 Å². The summed E-state index contributed by atoms with van der Waals surface area (Å²) in [6.07, 6.45) is 10.4. The van der Waals surface area contributed by atoms with Gasteiger partial charge in [-0.3, -0.25) is 4.79 Å². The number of amides is 1. The second-order valence-electron chi connectivity index (χ2n) is 20.4. The van der Waals surface area contributed by atoms with Crippen LogP contribution in [0.2, 0.25) is 0 Å². The molecule has 3 heterocycles. The van der Waals surface area contributed by atoms with Gasteiger partial charge in [-0.1, -0.05) is 154 Å². The lowest BCUT2D eigenvalue weighted by molar-refractivity contribution is -0.379. The molecule has 0 spiro atoms. The van der Waals surface area contributed by atoms with E-state index >= 15 is 0 Å². The number of hydrogen-bond donors (Lipinski definition) is 12. The molecule has 3 fully saturated rings. The highest BCUT2D eigenvalue weighted by Gasteiger charge is 2.53. The maximum atomic E-state index is 13.2. The number of ether oxygens (including phenoxy) is 6. The van der Waals surface area contributed by atoms with Crippen molar-refractivity contribution in [3.05, 3.63) is 24.3 Å². The highest BCUT2D eigenvalue weighted by molar-refractivity contribution is 5.76. The summed E-state index contributed by atoms with van der Waals surface area (Å²) in [6.45, 7) is 1.66. The number of carbonyl (C=O) groups excluding carboxylic acids is 1. The number of hydrogen-bond acceptors (Lipinski definition) is 18. The first kappa shape index (κ1) is 65.6. The van der Waals surface area contributed by atoms with Crippen molar-refractivity contribution in [3.63, 3.8) is 0 Å². The Morgan fingerprint density at radius 3 is 1.33 bits per heavy atom. The highest BCUT2D eigenvalue weighted by atomic mass is 16.8. The molecule has 19 heteroatoms. The molecule has 428 valence electrons. The minimum Gasteiger partial charge on any atom is -0.394 e. The lowest BCUT2D eigenvalue weighted by atomic mass is 9.96. The number of carbonyl (C=O) groups is 1. The molecule has 17 unspecified atom stereocenters. The Bertz CT molecular complexity index is 1440. The summed E-state index contributed by atoms with van der Waals surface area (Å²) in [7, 11) is 0. The molecule has 0 bridgehead atoms. The van der Waals surface area contributed by atoms with E-state index in [1.54, 1.807) is 6.08 Å². The Morgan fingerprint density at radius 2 is 0.863 bits per heavy atom. The number of unbranched alkanes of at least 4 members (excludes halogenated alkanes) is 22. The summed E-state index contributed by atoms with van der Waals surface area (Å²) in [5, 5.41) is 120. The Morgan fingerprint density at radius 1 is 0.479 bits per heavy atom. The summed E-state index contributed by atoms with van der Waals surface area (Å²) >= 11 is 0. The van der Waals surface area contributed by atoms with Gasteiger partial charge < -0.3 is 89.9 Å². The van der Waals surface area contributed by atoms with Crippen LogP contribution in [0.1, 0.15) is 181 Å². The van der Waals surface area contributed by atoms with Crippen molar-refractivity contribution >= 4 is 5.91 Å². The van der Waals surface area contributed by atoms with Crippen LogP contribution in [0.25, 0.3) is 0 Å². The third-order valence-corrected chi connectivity index (χ3v) is 14.2. The molecule has 3 aliphatic rings. The van der Waals surface area contributed by atoms with Gasteiger partial charge >= 0.3 is 0 Å². The minimum atomic E-state index is -1.97. The van der Waals surface area contributed by atoms with Gasteiger partial charge in [0.2, 0.25) is 5.91 Å². The standard InChI is InChI=1S/C54H99NO18/c1-3-5-7-9-11-13-14-15-16-17-18-19-20-21-22-24-26-28-30-32-42(60)55-37(38(59)31-29-27-25-23-12-10-8-6-4-2)36-68-52-48(66)45(63)50(40(34-57)70-52)73-54-49(67)46(64)51(41(35-58)71-54)72-53-47(65)44(62)43(61)39(33-56)69-53/h15-16,29,31,37-41,43-54,56-59,61-67H,3-14,17-28,30,32-36H2,1-2H3,(H,55,60)/b16-15-,31-29+. The Hall–Kier alpha value is -1.73. The smallest absolute Gasteiger partial charge is 0.220 e. The van der Waals surface area contributed by atoms with Crippen LogP contribution < -0.4 is 5.32 Å². The zero-order valence-corrected chi connectivity index (χ0v) is 44.1. The molecular formula is C54H99NO18. The lowest BCUT2D eigenvalue weighted by Gasteiger charge is -2.48. The fourth-order valence-electron chi connectivity index (χ4n) is 9.54. The van der Waals surface area contributed by atoms with Gasteiger partial charge in [-0.05, 0) is 44.9 Å². The van der Waals surface area contributed by atoms with E-state index in [4.69, 9.17) is 28.4 Å². The molecule has 0 aromatic carbocycles. The molecule has 73 heavy (non-hydrogen) atoms. The first-order chi connectivity index (χ1) is 35.3. The molecule has 0 saturated carbocycles. The van der Waals surface area contributed by atoms with Crippen LogP contribution >= 0.6 is 0 Å². The summed E-state index contributed by atoms with van der Waals surface area (Å²) in [4.78, 5) is 13.2. The topological polar surface area (TPSA) is 307 Å². The summed E-state index contributed by atoms with van der Waals surface area (Å²) < 4.78 is 34.1. The van der Waals surface area contributed by atoms with Crippen LogP contribution in [-0.2, 0) is 33.2 Å². The quantitative estimate of drug-likeness (QED) is 0.0308. The molecule has 1 amide bonds. The highest BCUT2D eigenvalue weighted by Crippen LogP contribution is 2.33. The number of aliphatic hydroxyl groups excluding tert-OH is 11. The molecule has 19 nitrogen and oxygen atoms in total. The van der Waals surface area contributed by atoms with Gasteiger partial charge in [0, 0.05) is 6.42 Å². The first-order valence-corrected chi connectivity index (χ1v) is 28.1. The van der Waals surface area contributed by atoms with Gasteiger partial charge in [-0.2, -0.15) is 0 Å². The lowest BCUT2D eigenvalue weighted by Crippen LogP contribution is -2.66. The van der Waals surface area contributed by atoms with Crippen LogP contribution in [0, 0.1) is 0 Å². The van der Waals surface area contributed by atoms with Gasteiger partial charge in [0.05, 0.1) is 38.6 Å². The van der Waals surface area contributed by atoms with Crippen molar-refractivity contribution in [3.8, 4) is 0 Å². The third-order valence-electron chi connectivity index (χ3n) is 14.2. The van der Waals surface area contributed by atoms with Crippen LogP contribution in [0.3, 0.4) is 0 Å². The van der Waals surface area contributed by atoms with Gasteiger partial charge in [0.15, 0.2) is 18.9 Å². The molecule has 12 N–H and O–H groups in total. The molecule has 17 atom stereocenters. The SMILES string of the molecule is CCCCCCCC/C=C\CCCCCCCCCCCC(=O)NC(COC1OC(CO)C(OC2OC(CO)C(OC3OC(CO)C(O)C(O)C3O)C(O)C2O)C(O)C1O)C(O)/C=C/CCCCCCCCC. The third kappa shape index (κ3) is 23.8. The second kappa shape index (κ2) is 38.8. The van der Waals surface area contributed by atoms with Crippen molar-refractivity contribution in [2.75, 3.05) is 26.4 Å². The number of aliphatic hydroxyl groups is 11. The molecule has 0 aromatic rings. The van der Waals surface area contributed by atoms with Gasteiger partial charge in [0.25, 0.3) is 0 Å². The zero-order valence-electron chi connectivity index (χ0n) is 44.1. The van der Waals surface area contributed by atoms with E-state index < -0.39 is 124 Å². The van der Waals surface area contributed by atoms with Crippen molar-refractivity contribution in [2.24, 2.45) is 0 Å². The largest absolute Gasteiger partial charge is 0.394 e. The van der Waals surface area contributed by atoms with E-state index in [2.05, 4.69) is 31.3 Å². The molecule has 0 radical (unpaired) electrons. The molecule has 3 rings (SSSR count). The first-order valence-electron chi connectivity index (χ1n) is 28.1. The van der Waals surface area contributed by atoms with Crippen molar-refractivity contribution in [1.82, 2.24) is 5.32 Å². The molecule has 3 saturated heterocycles. The van der Waals surface area contributed by atoms with E-state index in [-0.39, 0.29) is 18.9 Å². The number of nitrogens with one attached hydrogen (secondary N) is 1. The Balaban J connectivity index is 1.49. The monoisotopic (exact) mass is 1050 g/mol. The molecule has 0 aliphatic carbocycles. The van der Waals surface area contributed by atoms with Crippen LogP contribution in [0.4, 0.5) is 0 Å². The number of allylic oxidation sites excluding steroid dienone is 3. The Labute approximate surface area is 435 Å². The van der Waals surface area contributed by atoms with Crippen molar-refractivity contribution in [1.29, 1.82) is 0 Å². The molecule has 0 aromatic heterocycles. The fraction of sp³-hybridized carbons (Fsp3) is 0.907. The minimum absolute atomic E-state index is 0.242. The summed E-state index contributed by atoms with van der Waals surface area (Å²) in [5.41, 5.74) is 0. The maximum absolute atomic E-state index is 13.2. The maximum Gasteiger partial charge on any atom is 0.220 e. The van der Waals surface area contributed by atoms with Crippen molar-refractivity contribution in [2.45, 2.75) is 285 Å². The normalized spacial score (nSPS) is 31.9. The summed E-state index contributed by atoms with van der Waals surface area (Å²) in [5.74, 6) is -0.281. The second-order valence-corrected chi connectivity index (χ2v) is 20.4. The predicted octanol–water partition coefficient (Wildman–Crippen LogP) is 3.59. The predicted molar refractivity (Wildman–Crippen MR) is 273 cm³/mol. The van der Waals surface area contributed by atoms with Crippen LogP contribution in [0.15, 0.2) is 24.3 Å². The molecule has 3 aliphatic heterocycles. The van der Waals surface area contributed by atoms with Crippen LogP contribution in [0.5, 0.6) is 0 Å². The van der Waals surface area contributed by atoms with E-state index in [1.807, 2.05) is 6.08 Å².